The summed E-state index contributed by atoms with van der Waals surface area (Å²) in [4.78, 5) is 33.8. The summed E-state index contributed by atoms with van der Waals surface area (Å²) in [5.74, 6) is -0.268. The second-order valence-corrected chi connectivity index (χ2v) is 6.23. The van der Waals surface area contributed by atoms with Gasteiger partial charge in [-0.15, -0.1) is 0 Å². The molecule has 0 aliphatic carbocycles. The Bertz CT molecular complexity index is 866. The van der Waals surface area contributed by atoms with Crippen LogP contribution in [0.1, 0.15) is 24.0 Å². The highest BCUT2D eigenvalue weighted by atomic mass is 16.6. The van der Waals surface area contributed by atoms with Gasteiger partial charge >= 0.3 is 5.97 Å². The van der Waals surface area contributed by atoms with Crippen molar-refractivity contribution >= 4 is 23.3 Å². The summed E-state index contributed by atoms with van der Waals surface area (Å²) in [6.45, 7) is 3.55. The first-order valence-electron chi connectivity index (χ1n) is 8.75. The van der Waals surface area contributed by atoms with Crippen LogP contribution in [0.3, 0.4) is 0 Å². The van der Waals surface area contributed by atoms with Crippen LogP contribution in [0.15, 0.2) is 42.5 Å². The zero-order valence-electron chi connectivity index (χ0n) is 15.8. The van der Waals surface area contributed by atoms with Gasteiger partial charge < -0.3 is 14.8 Å². The molecule has 8 heteroatoms. The molecule has 0 fully saturated rings. The smallest absolute Gasteiger partial charge is 0.306 e. The third-order valence-corrected chi connectivity index (χ3v) is 3.84. The summed E-state index contributed by atoms with van der Waals surface area (Å²) in [6.07, 6.45) is 0.603. The quantitative estimate of drug-likeness (QED) is 0.306. The van der Waals surface area contributed by atoms with Gasteiger partial charge in [-0.1, -0.05) is 12.1 Å². The van der Waals surface area contributed by atoms with Gasteiger partial charge in [0, 0.05) is 24.2 Å². The molecule has 0 spiro atoms. The number of esters is 1. The number of nitro benzene ring substituents is 1. The predicted octanol–water partition coefficient (Wildman–Crippen LogP) is 3.55. The molecule has 0 atom stereocenters. The Morgan fingerprint density at radius 3 is 2.61 bits per heavy atom. The van der Waals surface area contributed by atoms with Gasteiger partial charge in [-0.3, -0.25) is 19.7 Å². The van der Waals surface area contributed by atoms with E-state index in [9.17, 15) is 19.7 Å². The molecule has 0 unspecified atom stereocenters. The van der Waals surface area contributed by atoms with Crippen LogP contribution in [-0.4, -0.2) is 30.0 Å². The molecule has 2 aromatic rings. The van der Waals surface area contributed by atoms with E-state index in [-0.39, 0.29) is 12.1 Å². The fourth-order valence-electron chi connectivity index (χ4n) is 2.42. The van der Waals surface area contributed by atoms with E-state index in [1.165, 1.54) is 18.2 Å². The number of aryl methyl sites for hydroxylation is 2. The van der Waals surface area contributed by atoms with Crippen LogP contribution in [0, 0.1) is 24.0 Å². The van der Waals surface area contributed by atoms with Gasteiger partial charge in [-0.2, -0.15) is 0 Å². The number of ether oxygens (including phenoxy) is 2. The minimum atomic E-state index is -0.513. The maximum Gasteiger partial charge on any atom is 0.306 e. The van der Waals surface area contributed by atoms with Crippen molar-refractivity contribution in [2.24, 2.45) is 0 Å². The van der Waals surface area contributed by atoms with Crippen molar-refractivity contribution in [2.75, 3.05) is 18.5 Å². The van der Waals surface area contributed by atoms with Crippen LogP contribution < -0.4 is 10.1 Å². The Morgan fingerprint density at radius 1 is 1.14 bits per heavy atom. The zero-order valence-corrected chi connectivity index (χ0v) is 15.8. The number of hydrogen-bond donors (Lipinski definition) is 1. The number of benzene rings is 2. The molecule has 0 aliphatic heterocycles. The van der Waals surface area contributed by atoms with Gasteiger partial charge in [0.15, 0.2) is 6.61 Å². The molecule has 2 aromatic carbocycles. The van der Waals surface area contributed by atoms with Gasteiger partial charge in [0.25, 0.3) is 11.6 Å². The SMILES string of the molecule is Cc1cccc(OCCCC(=O)OCC(=O)Nc2ccc([N+](=O)[O-])cc2C)c1. The van der Waals surface area contributed by atoms with Gasteiger partial charge in [0.2, 0.25) is 0 Å². The second-order valence-electron chi connectivity index (χ2n) is 6.23. The van der Waals surface area contributed by atoms with Crippen molar-refractivity contribution in [3.63, 3.8) is 0 Å². The van der Waals surface area contributed by atoms with E-state index in [1.54, 1.807) is 6.92 Å². The fourth-order valence-corrected chi connectivity index (χ4v) is 2.42. The number of carbonyl (C=O) groups excluding carboxylic acids is 2. The molecule has 0 saturated heterocycles. The highest BCUT2D eigenvalue weighted by Gasteiger charge is 2.12. The number of carbonyl (C=O) groups is 2. The lowest BCUT2D eigenvalue weighted by molar-refractivity contribution is -0.384. The number of non-ortho nitro benzene ring substituents is 1. The van der Waals surface area contributed by atoms with Crippen molar-refractivity contribution in [1.29, 1.82) is 0 Å². The number of amides is 1. The summed E-state index contributed by atoms with van der Waals surface area (Å²) < 4.78 is 10.5. The summed E-state index contributed by atoms with van der Waals surface area (Å²) in [6, 6.07) is 11.7. The summed E-state index contributed by atoms with van der Waals surface area (Å²) >= 11 is 0. The van der Waals surface area contributed by atoms with Crippen LogP contribution in [0.25, 0.3) is 0 Å². The van der Waals surface area contributed by atoms with Crippen LogP contribution in [0.4, 0.5) is 11.4 Å². The zero-order chi connectivity index (χ0) is 20.5. The van der Waals surface area contributed by atoms with Gasteiger partial charge in [-0.05, 0) is 49.6 Å². The van der Waals surface area contributed by atoms with Crippen molar-refractivity contribution in [1.82, 2.24) is 0 Å². The predicted molar refractivity (Wildman–Crippen MR) is 103 cm³/mol. The summed E-state index contributed by atoms with van der Waals surface area (Å²) in [5.41, 5.74) is 2.00. The van der Waals surface area contributed by atoms with E-state index < -0.39 is 23.4 Å². The molecule has 2 rings (SSSR count). The summed E-state index contributed by atoms with van der Waals surface area (Å²) in [5, 5.41) is 13.3. The number of nitrogens with zero attached hydrogens (tertiary/aromatic N) is 1. The first kappa shape index (κ1) is 20.9. The molecule has 8 nitrogen and oxygen atoms in total. The topological polar surface area (TPSA) is 108 Å². The highest BCUT2D eigenvalue weighted by molar-refractivity contribution is 5.93. The lowest BCUT2D eigenvalue weighted by Crippen LogP contribution is -2.21. The maximum atomic E-state index is 11.9. The van der Waals surface area contributed by atoms with Crippen LogP contribution in [0.2, 0.25) is 0 Å². The first-order valence-corrected chi connectivity index (χ1v) is 8.75. The molecule has 0 heterocycles. The maximum absolute atomic E-state index is 11.9. The van der Waals surface area contributed by atoms with E-state index in [1.807, 2.05) is 31.2 Å². The number of nitrogens with one attached hydrogen (secondary N) is 1. The third kappa shape index (κ3) is 6.71. The normalized spacial score (nSPS) is 10.2. The van der Waals surface area contributed by atoms with Crippen molar-refractivity contribution in [3.05, 3.63) is 63.7 Å². The standard InChI is InChI=1S/C20H22N2O6/c1-14-5-3-6-17(11-14)27-10-4-7-20(24)28-13-19(23)21-18-9-8-16(22(25)26)12-15(18)2/h3,5-6,8-9,11-12H,4,7,10,13H2,1-2H3,(H,21,23). The Kier molecular flexibility index (Phi) is 7.50. The number of rotatable bonds is 9. The molecule has 1 amide bonds. The Hall–Kier alpha value is -3.42. The highest BCUT2D eigenvalue weighted by Crippen LogP contribution is 2.21. The molecule has 0 radical (unpaired) electrons. The average molecular weight is 386 g/mol. The molecule has 28 heavy (non-hydrogen) atoms. The third-order valence-electron chi connectivity index (χ3n) is 3.84. The van der Waals surface area contributed by atoms with Crippen LogP contribution in [0.5, 0.6) is 5.75 Å². The molecule has 0 saturated carbocycles. The molecular formula is C20H22N2O6. The minimum Gasteiger partial charge on any atom is -0.494 e. The number of anilines is 1. The van der Waals surface area contributed by atoms with Crippen molar-refractivity contribution in [3.8, 4) is 5.75 Å². The van der Waals surface area contributed by atoms with E-state index in [2.05, 4.69) is 5.32 Å². The molecule has 1 N–H and O–H groups in total. The second kappa shape index (κ2) is 10.1. The average Bonchev–Trinajstić information content (AvgIpc) is 2.65. The molecular weight excluding hydrogens is 364 g/mol. The summed E-state index contributed by atoms with van der Waals surface area (Å²) in [7, 11) is 0. The van der Waals surface area contributed by atoms with Crippen LogP contribution in [-0.2, 0) is 14.3 Å². The minimum absolute atomic E-state index is 0.0604. The lowest BCUT2D eigenvalue weighted by atomic mass is 10.2. The molecule has 0 bridgehead atoms. The van der Waals surface area contributed by atoms with Crippen molar-refractivity contribution < 1.29 is 24.0 Å². The monoisotopic (exact) mass is 386 g/mol. The Morgan fingerprint density at radius 2 is 1.93 bits per heavy atom. The fraction of sp³-hybridized carbons (Fsp3) is 0.300. The molecule has 0 aromatic heterocycles. The van der Waals surface area contributed by atoms with Gasteiger partial charge in [-0.25, -0.2) is 0 Å². The van der Waals surface area contributed by atoms with E-state index in [0.29, 0.717) is 24.3 Å². The van der Waals surface area contributed by atoms with Crippen LogP contribution >= 0.6 is 0 Å². The Labute approximate surface area is 162 Å². The molecule has 0 aliphatic rings. The lowest BCUT2D eigenvalue weighted by Gasteiger charge is -2.09. The number of hydrogen-bond acceptors (Lipinski definition) is 6. The molecule has 148 valence electrons. The Balaban J connectivity index is 1.68. The van der Waals surface area contributed by atoms with E-state index in [0.717, 1.165) is 11.3 Å². The van der Waals surface area contributed by atoms with E-state index >= 15 is 0 Å². The van der Waals surface area contributed by atoms with Gasteiger partial charge in [0.05, 0.1) is 11.5 Å². The van der Waals surface area contributed by atoms with Crippen molar-refractivity contribution in [2.45, 2.75) is 26.7 Å². The van der Waals surface area contributed by atoms with Gasteiger partial charge in [0.1, 0.15) is 5.75 Å². The van der Waals surface area contributed by atoms with E-state index in [4.69, 9.17) is 9.47 Å². The largest absolute Gasteiger partial charge is 0.494 e. The number of nitro groups is 1. The first-order chi connectivity index (χ1) is 13.3.